The summed E-state index contributed by atoms with van der Waals surface area (Å²) in [4.78, 5) is 12.0. The molecule has 1 fully saturated rings. The van der Waals surface area contributed by atoms with Crippen LogP contribution in [0.2, 0.25) is 5.02 Å². The Balaban J connectivity index is 2.29. The molecule has 23 heavy (non-hydrogen) atoms. The van der Waals surface area contributed by atoms with Crippen molar-refractivity contribution in [2.24, 2.45) is 0 Å². The second-order valence-corrected chi connectivity index (χ2v) is 7.17. The molecule has 128 valence electrons. The Morgan fingerprint density at radius 2 is 2.09 bits per heavy atom. The maximum atomic E-state index is 12.0. The number of carbonyl (C=O) groups is 1. The summed E-state index contributed by atoms with van der Waals surface area (Å²) in [6.45, 7) is 10.1. The summed E-state index contributed by atoms with van der Waals surface area (Å²) in [5, 5.41) is 3.38. The zero-order valence-electron chi connectivity index (χ0n) is 14.5. The number of halogens is 1. The van der Waals surface area contributed by atoms with E-state index in [9.17, 15) is 4.79 Å². The minimum absolute atomic E-state index is 0.00185. The number of hydrogen-bond donors (Lipinski definition) is 1. The molecule has 0 bridgehead atoms. The quantitative estimate of drug-likeness (QED) is 0.829. The van der Waals surface area contributed by atoms with Crippen LogP contribution in [-0.2, 0) is 9.47 Å². The highest BCUT2D eigenvalue weighted by atomic mass is 35.5. The van der Waals surface area contributed by atoms with Crippen LogP contribution < -0.4 is 10.1 Å². The molecule has 5 nitrogen and oxygen atoms in total. The predicted octanol–water partition coefficient (Wildman–Crippen LogP) is 4.31. The number of benzene rings is 1. The summed E-state index contributed by atoms with van der Waals surface area (Å²) in [6, 6.07) is 1.79. The van der Waals surface area contributed by atoms with Crippen molar-refractivity contribution < 1.29 is 19.0 Å². The van der Waals surface area contributed by atoms with Gasteiger partial charge in [0.25, 0.3) is 0 Å². The van der Waals surface area contributed by atoms with E-state index in [-0.39, 0.29) is 11.6 Å². The second-order valence-electron chi connectivity index (χ2n) is 6.76. The molecule has 1 amide bonds. The first-order valence-corrected chi connectivity index (χ1v) is 7.99. The normalized spacial score (nSPS) is 18.3. The van der Waals surface area contributed by atoms with Crippen LogP contribution >= 0.6 is 11.6 Å². The number of rotatable bonds is 4. The Hall–Kier alpha value is -1.46. The Labute approximate surface area is 142 Å². The molecular formula is C17H24ClNO4. The van der Waals surface area contributed by atoms with E-state index in [1.807, 2.05) is 27.7 Å². The first kappa shape index (κ1) is 17.9. The highest BCUT2D eigenvalue weighted by Gasteiger charge is 2.33. The second kappa shape index (κ2) is 6.57. The van der Waals surface area contributed by atoms with Gasteiger partial charge in [0.2, 0.25) is 0 Å². The van der Waals surface area contributed by atoms with E-state index >= 15 is 0 Å². The topological polar surface area (TPSA) is 60.1 Å². The van der Waals surface area contributed by atoms with Crippen molar-refractivity contribution in [2.75, 3.05) is 13.7 Å². The highest BCUT2D eigenvalue weighted by molar-refractivity contribution is 6.31. The maximum Gasteiger partial charge on any atom is 0.408 e. The molecule has 0 radical (unpaired) electrons. The van der Waals surface area contributed by atoms with E-state index < -0.39 is 12.2 Å². The van der Waals surface area contributed by atoms with Crippen molar-refractivity contribution in [3.63, 3.8) is 0 Å². The molecule has 1 heterocycles. The molecule has 1 aromatic rings. The van der Waals surface area contributed by atoms with Crippen molar-refractivity contribution in [2.45, 2.75) is 52.4 Å². The van der Waals surface area contributed by atoms with Gasteiger partial charge in [-0.2, -0.15) is 0 Å². The van der Waals surface area contributed by atoms with Gasteiger partial charge in [-0.05, 0) is 46.2 Å². The fraction of sp³-hybridized carbons (Fsp3) is 0.588. The maximum absolute atomic E-state index is 12.0. The van der Waals surface area contributed by atoms with Gasteiger partial charge in [-0.3, -0.25) is 0 Å². The van der Waals surface area contributed by atoms with Crippen molar-refractivity contribution in [3.05, 3.63) is 27.8 Å². The number of carbonyl (C=O) groups excluding carboxylic acids is 1. The van der Waals surface area contributed by atoms with Gasteiger partial charge >= 0.3 is 6.09 Å². The van der Waals surface area contributed by atoms with Crippen molar-refractivity contribution >= 4 is 17.7 Å². The standard InChI is InChI=1S/C17H24ClNO4/c1-9-12(18)7-11(15(21-6)14(9)13-8-22-13)10(2)23-16(20)19-17(3,4)5/h7,10,13H,8H2,1-6H3,(H,19,20). The van der Waals surface area contributed by atoms with Crippen LogP contribution in [-0.4, -0.2) is 25.3 Å². The fourth-order valence-corrected chi connectivity index (χ4v) is 2.68. The lowest BCUT2D eigenvalue weighted by Crippen LogP contribution is -2.41. The lowest BCUT2D eigenvalue weighted by atomic mass is 9.98. The van der Waals surface area contributed by atoms with E-state index in [0.29, 0.717) is 17.4 Å². The van der Waals surface area contributed by atoms with Crippen LogP contribution in [0.4, 0.5) is 4.79 Å². The largest absolute Gasteiger partial charge is 0.496 e. The highest BCUT2D eigenvalue weighted by Crippen LogP contribution is 2.45. The summed E-state index contributed by atoms with van der Waals surface area (Å²) >= 11 is 6.34. The summed E-state index contributed by atoms with van der Waals surface area (Å²) in [6.07, 6.45) is -0.978. The van der Waals surface area contributed by atoms with Crippen LogP contribution in [0.25, 0.3) is 0 Å². The smallest absolute Gasteiger partial charge is 0.408 e. The summed E-state index contributed by atoms with van der Waals surface area (Å²) in [7, 11) is 1.60. The third-order valence-corrected chi connectivity index (χ3v) is 4.00. The lowest BCUT2D eigenvalue weighted by Gasteiger charge is -2.24. The number of hydrogen-bond acceptors (Lipinski definition) is 4. The number of nitrogens with one attached hydrogen (secondary N) is 1. The minimum Gasteiger partial charge on any atom is -0.496 e. The van der Waals surface area contributed by atoms with Gasteiger partial charge in [0, 0.05) is 21.7 Å². The zero-order valence-corrected chi connectivity index (χ0v) is 15.2. The van der Waals surface area contributed by atoms with Gasteiger partial charge < -0.3 is 19.5 Å². The molecule has 6 heteroatoms. The van der Waals surface area contributed by atoms with Crippen molar-refractivity contribution in [1.29, 1.82) is 0 Å². The summed E-state index contributed by atoms with van der Waals surface area (Å²) < 4.78 is 16.4. The molecule has 0 saturated carbocycles. The first-order chi connectivity index (χ1) is 10.6. The van der Waals surface area contributed by atoms with Crippen LogP contribution in [0.15, 0.2) is 6.07 Å². The van der Waals surface area contributed by atoms with Crippen LogP contribution in [0.3, 0.4) is 0 Å². The number of ether oxygens (including phenoxy) is 3. The summed E-state index contributed by atoms with van der Waals surface area (Å²) in [5.41, 5.74) is 2.24. The molecule has 1 aliphatic heterocycles. The fourth-order valence-electron chi connectivity index (χ4n) is 2.46. The third kappa shape index (κ3) is 4.30. The van der Waals surface area contributed by atoms with E-state index in [1.165, 1.54) is 0 Å². The van der Waals surface area contributed by atoms with Crippen LogP contribution in [0.1, 0.15) is 56.6 Å². The van der Waals surface area contributed by atoms with Crippen molar-refractivity contribution in [1.82, 2.24) is 5.32 Å². The molecule has 2 atom stereocenters. The Morgan fingerprint density at radius 1 is 1.48 bits per heavy atom. The molecule has 1 aliphatic rings. The van der Waals surface area contributed by atoms with E-state index in [4.69, 9.17) is 25.8 Å². The van der Waals surface area contributed by atoms with Crippen LogP contribution in [0.5, 0.6) is 5.75 Å². The number of epoxide rings is 1. The molecular weight excluding hydrogens is 318 g/mol. The van der Waals surface area contributed by atoms with Crippen LogP contribution in [0, 0.1) is 6.92 Å². The molecule has 2 rings (SSSR count). The molecule has 1 N–H and O–H groups in total. The number of alkyl carbamates (subject to hydrolysis) is 1. The van der Waals surface area contributed by atoms with Crippen molar-refractivity contribution in [3.8, 4) is 5.75 Å². The molecule has 1 saturated heterocycles. The molecule has 0 aliphatic carbocycles. The zero-order chi connectivity index (χ0) is 17.4. The molecule has 1 aromatic carbocycles. The van der Waals surface area contributed by atoms with Gasteiger partial charge in [-0.1, -0.05) is 11.6 Å². The SMILES string of the molecule is COc1c(C(C)OC(=O)NC(C)(C)C)cc(Cl)c(C)c1C1CO1. The van der Waals surface area contributed by atoms with E-state index in [0.717, 1.165) is 16.7 Å². The van der Waals surface area contributed by atoms with Gasteiger partial charge in [0.1, 0.15) is 18.0 Å². The van der Waals surface area contributed by atoms with E-state index in [1.54, 1.807) is 20.1 Å². The Morgan fingerprint density at radius 3 is 2.57 bits per heavy atom. The van der Waals surface area contributed by atoms with Gasteiger partial charge in [0.15, 0.2) is 0 Å². The molecule has 0 spiro atoms. The first-order valence-electron chi connectivity index (χ1n) is 7.61. The Bertz CT molecular complexity index is 606. The Kier molecular flexibility index (Phi) is 5.11. The molecule has 2 unspecified atom stereocenters. The minimum atomic E-state index is -0.497. The lowest BCUT2D eigenvalue weighted by molar-refractivity contribution is 0.0986. The average molecular weight is 342 g/mol. The third-order valence-electron chi connectivity index (χ3n) is 3.61. The number of amides is 1. The van der Waals surface area contributed by atoms with Gasteiger partial charge in [-0.25, -0.2) is 4.79 Å². The average Bonchev–Trinajstić information content (AvgIpc) is 3.22. The predicted molar refractivity (Wildman–Crippen MR) is 89.2 cm³/mol. The van der Waals surface area contributed by atoms with E-state index in [2.05, 4.69) is 5.32 Å². The summed E-state index contributed by atoms with van der Waals surface area (Å²) in [5.74, 6) is 0.672. The van der Waals surface area contributed by atoms with Gasteiger partial charge in [-0.15, -0.1) is 0 Å². The number of methoxy groups -OCH3 is 1. The van der Waals surface area contributed by atoms with Gasteiger partial charge in [0.05, 0.1) is 13.7 Å². The monoisotopic (exact) mass is 341 g/mol. The molecule has 0 aromatic heterocycles.